The maximum atomic E-state index is 12.3. The molecule has 1 aliphatic rings. The van der Waals surface area contributed by atoms with E-state index < -0.39 is 0 Å². The zero-order valence-electron chi connectivity index (χ0n) is 10.9. The van der Waals surface area contributed by atoms with Crippen molar-refractivity contribution >= 4 is 17.5 Å². The molecule has 0 aromatic carbocycles. The van der Waals surface area contributed by atoms with Crippen molar-refractivity contribution in [3.05, 3.63) is 18.2 Å². The van der Waals surface area contributed by atoms with Crippen molar-refractivity contribution in [1.29, 1.82) is 0 Å². The van der Waals surface area contributed by atoms with Gasteiger partial charge < -0.3 is 14.2 Å². The van der Waals surface area contributed by atoms with E-state index in [9.17, 15) is 4.79 Å². The van der Waals surface area contributed by atoms with Crippen LogP contribution in [0.3, 0.4) is 0 Å². The lowest BCUT2D eigenvalue weighted by Gasteiger charge is -2.42. The molecule has 0 N–H and O–H groups in total. The molecule has 0 bridgehead atoms. The minimum absolute atomic E-state index is 0.0675. The molecule has 1 unspecified atom stereocenters. The molecule has 1 amide bonds. The molecule has 1 fully saturated rings. The van der Waals surface area contributed by atoms with E-state index in [0.717, 1.165) is 0 Å². The first-order valence-corrected chi connectivity index (χ1v) is 6.46. The van der Waals surface area contributed by atoms with Crippen LogP contribution in [-0.2, 0) is 11.8 Å². The zero-order chi connectivity index (χ0) is 13.3. The molecular formula is C12H18ClN3O2. The van der Waals surface area contributed by atoms with E-state index in [1.807, 2.05) is 20.9 Å². The second kappa shape index (κ2) is 4.90. The first-order valence-electron chi connectivity index (χ1n) is 5.92. The van der Waals surface area contributed by atoms with Gasteiger partial charge in [-0.25, -0.2) is 4.98 Å². The summed E-state index contributed by atoms with van der Waals surface area (Å²) >= 11 is 5.85. The highest BCUT2D eigenvalue weighted by molar-refractivity contribution is 6.18. The van der Waals surface area contributed by atoms with Gasteiger partial charge in [-0.2, -0.15) is 0 Å². The minimum Gasteiger partial charge on any atom is -0.367 e. The Balaban J connectivity index is 2.14. The number of carbonyl (C=O) groups excluding carboxylic acids is 1. The summed E-state index contributed by atoms with van der Waals surface area (Å²) in [5, 5.41) is 0. The third-order valence-electron chi connectivity index (χ3n) is 2.86. The number of rotatable bonds is 2. The highest BCUT2D eigenvalue weighted by Gasteiger charge is 2.35. The monoisotopic (exact) mass is 271 g/mol. The number of imidazole rings is 1. The molecule has 1 saturated heterocycles. The van der Waals surface area contributed by atoms with Gasteiger partial charge in [0.25, 0.3) is 5.91 Å². The maximum Gasteiger partial charge on any atom is 0.274 e. The Kier molecular flexibility index (Phi) is 3.64. The molecule has 1 aromatic rings. The van der Waals surface area contributed by atoms with Gasteiger partial charge in [0, 0.05) is 26.3 Å². The minimum atomic E-state index is -0.373. The molecule has 1 atom stereocenters. The number of aromatic nitrogens is 2. The highest BCUT2D eigenvalue weighted by atomic mass is 35.5. The number of aryl methyl sites for hydroxylation is 1. The topological polar surface area (TPSA) is 47.4 Å². The predicted molar refractivity (Wildman–Crippen MR) is 68.8 cm³/mol. The summed E-state index contributed by atoms with van der Waals surface area (Å²) in [6.07, 6.45) is 3.22. The highest BCUT2D eigenvalue weighted by Crippen LogP contribution is 2.22. The summed E-state index contributed by atoms with van der Waals surface area (Å²) in [7, 11) is 1.84. The Morgan fingerprint density at radius 2 is 2.39 bits per heavy atom. The van der Waals surface area contributed by atoms with Crippen molar-refractivity contribution in [2.75, 3.05) is 19.0 Å². The van der Waals surface area contributed by atoms with E-state index in [1.165, 1.54) is 0 Å². The van der Waals surface area contributed by atoms with Crippen LogP contribution in [0.15, 0.2) is 12.5 Å². The number of alkyl halides is 1. The van der Waals surface area contributed by atoms with Gasteiger partial charge in [0.2, 0.25) is 0 Å². The summed E-state index contributed by atoms with van der Waals surface area (Å²) < 4.78 is 7.55. The molecule has 0 aliphatic carbocycles. The molecule has 1 aromatic heterocycles. The molecule has 0 spiro atoms. The fourth-order valence-electron chi connectivity index (χ4n) is 2.22. The summed E-state index contributed by atoms with van der Waals surface area (Å²) in [6.45, 7) is 4.99. The standard InChI is InChI=1S/C12H18ClN3O2/c1-12(2)7-16(5-9(4-13)18-12)11(17)10-6-15(3)8-14-10/h6,8-9H,4-5,7H2,1-3H3. The van der Waals surface area contributed by atoms with Crippen LogP contribution in [0.1, 0.15) is 24.3 Å². The summed E-state index contributed by atoms with van der Waals surface area (Å²) in [6, 6.07) is 0. The van der Waals surface area contributed by atoms with Crippen molar-refractivity contribution in [2.24, 2.45) is 7.05 Å². The number of halogens is 1. The summed E-state index contributed by atoms with van der Waals surface area (Å²) in [5.41, 5.74) is 0.0888. The van der Waals surface area contributed by atoms with Gasteiger partial charge in [0.05, 0.1) is 23.9 Å². The number of ether oxygens (including phenoxy) is 1. The average Bonchev–Trinajstić information content (AvgIpc) is 2.72. The van der Waals surface area contributed by atoms with Gasteiger partial charge in [0.1, 0.15) is 5.69 Å². The Labute approximate surface area is 112 Å². The zero-order valence-corrected chi connectivity index (χ0v) is 11.6. The van der Waals surface area contributed by atoms with Crippen molar-refractivity contribution in [2.45, 2.75) is 25.6 Å². The second-order valence-electron chi connectivity index (χ2n) is 5.26. The SMILES string of the molecule is Cn1cnc(C(=O)N2CC(CCl)OC(C)(C)C2)c1. The maximum absolute atomic E-state index is 12.3. The van der Waals surface area contributed by atoms with E-state index in [1.54, 1.807) is 22.0 Å². The van der Waals surface area contributed by atoms with Gasteiger partial charge in [-0.1, -0.05) is 0 Å². The lowest BCUT2D eigenvalue weighted by Crippen LogP contribution is -2.55. The number of hydrogen-bond acceptors (Lipinski definition) is 3. The van der Waals surface area contributed by atoms with Crippen LogP contribution >= 0.6 is 11.6 Å². The fourth-order valence-corrected chi connectivity index (χ4v) is 2.38. The third-order valence-corrected chi connectivity index (χ3v) is 3.21. The van der Waals surface area contributed by atoms with E-state index >= 15 is 0 Å². The molecule has 2 rings (SSSR count). The molecular weight excluding hydrogens is 254 g/mol. The first-order chi connectivity index (χ1) is 8.41. The summed E-state index contributed by atoms with van der Waals surface area (Å²) in [4.78, 5) is 18.2. The van der Waals surface area contributed by atoms with E-state index in [-0.39, 0.29) is 17.6 Å². The Morgan fingerprint density at radius 3 is 2.94 bits per heavy atom. The molecule has 100 valence electrons. The molecule has 0 saturated carbocycles. The Morgan fingerprint density at radius 1 is 1.67 bits per heavy atom. The predicted octanol–water partition coefficient (Wildman–Crippen LogP) is 1.28. The van der Waals surface area contributed by atoms with Crippen LogP contribution in [-0.4, -0.2) is 51.0 Å². The molecule has 6 heteroatoms. The van der Waals surface area contributed by atoms with E-state index in [2.05, 4.69) is 4.98 Å². The van der Waals surface area contributed by atoms with Crippen LogP contribution in [0, 0.1) is 0 Å². The third kappa shape index (κ3) is 2.84. The van der Waals surface area contributed by atoms with Gasteiger partial charge in [-0.3, -0.25) is 4.79 Å². The number of morpholine rings is 1. The van der Waals surface area contributed by atoms with Crippen LogP contribution in [0.4, 0.5) is 0 Å². The smallest absolute Gasteiger partial charge is 0.274 e. The van der Waals surface area contributed by atoms with Crippen molar-refractivity contribution in [3.63, 3.8) is 0 Å². The quantitative estimate of drug-likeness (QED) is 0.762. The van der Waals surface area contributed by atoms with Crippen molar-refractivity contribution < 1.29 is 9.53 Å². The first kappa shape index (κ1) is 13.4. The van der Waals surface area contributed by atoms with Crippen LogP contribution in [0.25, 0.3) is 0 Å². The lowest BCUT2D eigenvalue weighted by atomic mass is 10.1. The molecule has 5 nitrogen and oxygen atoms in total. The number of hydrogen-bond donors (Lipinski definition) is 0. The molecule has 1 aliphatic heterocycles. The van der Waals surface area contributed by atoms with E-state index in [4.69, 9.17) is 16.3 Å². The normalized spacial score (nSPS) is 23.1. The lowest BCUT2D eigenvalue weighted by molar-refractivity contribution is -0.117. The average molecular weight is 272 g/mol. The number of amides is 1. The molecule has 2 heterocycles. The van der Waals surface area contributed by atoms with Gasteiger partial charge in [0.15, 0.2) is 0 Å². The van der Waals surface area contributed by atoms with Crippen LogP contribution < -0.4 is 0 Å². The molecule has 18 heavy (non-hydrogen) atoms. The summed E-state index contributed by atoms with van der Waals surface area (Å²) in [5.74, 6) is 0.317. The van der Waals surface area contributed by atoms with Gasteiger partial charge in [-0.05, 0) is 13.8 Å². The largest absolute Gasteiger partial charge is 0.367 e. The van der Waals surface area contributed by atoms with Crippen molar-refractivity contribution in [3.8, 4) is 0 Å². The van der Waals surface area contributed by atoms with Crippen LogP contribution in [0.2, 0.25) is 0 Å². The van der Waals surface area contributed by atoms with E-state index in [0.29, 0.717) is 24.7 Å². The Hall–Kier alpha value is -1.07. The second-order valence-corrected chi connectivity index (χ2v) is 5.57. The fraction of sp³-hybridized carbons (Fsp3) is 0.667. The van der Waals surface area contributed by atoms with Gasteiger partial charge in [-0.15, -0.1) is 11.6 Å². The number of carbonyl (C=O) groups is 1. The van der Waals surface area contributed by atoms with Gasteiger partial charge >= 0.3 is 0 Å². The van der Waals surface area contributed by atoms with Crippen LogP contribution in [0.5, 0.6) is 0 Å². The van der Waals surface area contributed by atoms with Crippen molar-refractivity contribution in [1.82, 2.24) is 14.5 Å². The number of nitrogens with zero attached hydrogens (tertiary/aromatic N) is 3. The molecule has 0 radical (unpaired) electrons. The Bertz CT molecular complexity index is 444.